The molecule has 10 heteroatoms. The molecule has 0 spiro atoms. The minimum Gasteiger partial charge on any atom is -0.379 e. The van der Waals surface area contributed by atoms with E-state index in [0.717, 1.165) is 24.9 Å². The molecule has 1 unspecified atom stereocenters. The maximum atomic E-state index is 13.1. The quantitative estimate of drug-likeness (QED) is 0.615. The fourth-order valence-corrected chi connectivity index (χ4v) is 6.13. The van der Waals surface area contributed by atoms with Gasteiger partial charge in [0, 0.05) is 30.9 Å². The van der Waals surface area contributed by atoms with Crippen LogP contribution in [0.4, 0.5) is 5.69 Å². The van der Waals surface area contributed by atoms with Crippen molar-refractivity contribution in [1.82, 2.24) is 9.21 Å². The summed E-state index contributed by atoms with van der Waals surface area (Å²) in [6, 6.07) is 11.8. The number of ether oxygens (including phenoxy) is 1. The standard InChI is InChI=1S/C24H30N4O5S/c1-17-7-8-19(15-22(17)34(31,32)28-10-12-33-13-11-28)24(30)26-20-5-2-4-18(14-20)16-27-9-3-6-21(27)23(25)29/h2,4-5,7-8,14-15,21H,3,6,9-13,16H2,1H3,(H2,25,29)(H,26,30). The van der Waals surface area contributed by atoms with Crippen molar-refractivity contribution in [2.45, 2.75) is 37.2 Å². The van der Waals surface area contributed by atoms with Gasteiger partial charge in [0.2, 0.25) is 15.9 Å². The van der Waals surface area contributed by atoms with E-state index < -0.39 is 15.9 Å². The van der Waals surface area contributed by atoms with E-state index in [1.54, 1.807) is 25.1 Å². The van der Waals surface area contributed by atoms with Gasteiger partial charge in [0.05, 0.1) is 24.2 Å². The van der Waals surface area contributed by atoms with Crippen LogP contribution in [0.3, 0.4) is 0 Å². The van der Waals surface area contributed by atoms with Crippen LogP contribution in [0, 0.1) is 6.92 Å². The second kappa shape index (κ2) is 10.2. The number of carbonyl (C=O) groups is 2. The van der Waals surface area contributed by atoms with E-state index in [0.29, 0.717) is 44.1 Å². The summed E-state index contributed by atoms with van der Waals surface area (Å²) in [6.07, 6.45) is 1.68. The topological polar surface area (TPSA) is 122 Å². The van der Waals surface area contributed by atoms with E-state index in [1.165, 1.54) is 10.4 Å². The molecule has 1 atom stereocenters. The molecule has 2 aromatic rings. The van der Waals surface area contributed by atoms with Gasteiger partial charge in [-0.3, -0.25) is 14.5 Å². The number of nitrogens with zero attached hydrogens (tertiary/aromatic N) is 2. The summed E-state index contributed by atoms with van der Waals surface area (Å²) in [5.74, 6) is -0.712. The number of amides is 2. The van der Waals surface area contributed by atoms with Crippen LogP contribution in [0.15, 0.2) is 47.4 Å². The third-order valence-corrected chi connectivity index (χ3v) is 8.34. The average Bonchev–Trinajstić information content (AvgIpc) is 3.28. The summed E-state index contributed by atoms with van der Waals surface area (Å²) >= 11 is 0. The van der Waals surface area contributed by atoms with Gasteiger partial charge in [-0.15, -0.1) is 0 Å². The third kappa shape index (κ3) is 5.30. The van der Waals surface area contributed by atoms with Crippen molar-refractivity contribution < 1.29 is 22.7 Å². The maximum Gasteiger partial charge on any atom is 0.255 e. The Bertz CT molecular complexity index is 1180. The number of likely N-dealkylation sites (tertiary alicyclic amines) is 1. The third-order valence-electron chi connectivity index (χ3n) is 6.30. The lowest BCUT2D eigenvalue weighted by atomic mass is 10.1. The van der Waals surface area contributed by atoms with Gasteiger partial charge < -0.3 is 15.8 Å². The molecule has 2 fully saturated rings. The molecule has 0 saturated carbocycles. The summed E-state index contributed by atoms with van der Waals surface area (Å²) in [5, 5.41) is 2.86. The zero-order valence-corrected chi connectivity index (χ0v) is 20.0. The Hall–Kier alpha value is -2.79. The normalized spacial score (nSPS) is 19.7. The van der Waals surface area contributed by atoms with Crippen LogP contribution in [0.25, 0.3) is 0 Å². The summed E-state index contributed by atoms with van der Waals surface area (Å²) in [6.45, 7) is 4.37. The lowest BCUT2D eigenvalue weighted by Gasteiger charge is -2.26. The molecule has 3 N–H and O–H groups in total. The van der Waals surface area contributed by atoms with Gasteiger partial charge in [-0.25, -0.2) is 8.42 Å². The molecule has 2 saturated heterocycles. The number of rotatable bonds is 7. The molecule has 0 aromatic heterocycles. The number of hydrogen-bond donors (Lipinski definition) is 2. The number of morpholine rings is 1. The first-order valence-electron chi connectivity index (χ1n) is 11.4. The van der Waals surface area contributed by atoms with Crippen LogP contribution in [-0.4, -0.2) is 68.3 Å². The number of carbonyl (C=O) groups excluding carboxylic acids is 2. The van der Waals surface area contributed by atoms with Crippen molar-refractivity contribution in [2.24, 2.45) is 5.73 Å². The van der Waals surface area contributed by atoms with E-state index in [4.69, 9.17) is 10.5 Å². The van der Waals surface area contributed by atoms with Crippen LogP contribution in [0.5, 0.6) is 0 Å². The number of nitrogens with one attached hydrogen (secondary N) is 1. The fourth-order valence-electron chi connectivity index (χ4n) is 4.47. The summed E-state index contributed by atoms with van der Waals surface area (Å²) < 4.78 is 32.9. The van der Waals surface area contributed by atoms with Gasteiger partial charge >= 0.3 is 0 Å². The predicted octanol–water partition coefficient (Wildman–Crippen LogP) is 1.72. The van der Waals surface area contributed by atoms with Gasteiger partial charge in [-0.2, -0.15) is 4.31 Å². The molecular weight excluding hydrogens is 456 g/mol. The van der Waals surface area contributed by atoms with E-state index in [-0.39, 0.29) is 22.4 Å². The maximum absolute atomic E-state index is 13.1. The Labute approximate surface area is 199 Å². The highest BCUT2D eigenvalue weighted by atomic mass is 32.2. The van der Waals surface area contributed by atoms with E-state index >= 15 is 0 Å². The highest BCUT2D eigenvalue weighted by molar-refractivity contribution is 7.89. The Morgan fingerprint density at radius 2 is 1.88 bits per heavy atom. The van der Waals surface area contributed by atoms with Crippen LogP contribution in [0.1, 0.15) is 34.3 Å². The Balaban J connectivity index is 1.49. The minimum atomic E-state index is -3.72. The predicted molar refractivity (Wildman–Crippen MR) is 128 cm³/mol. The molecule has 182 valence electrons. The second-order valence-corrected chi connectivity index (χ2v) is 10.6. The van der Waals surface area contributed by atoms with Gasteiger partial charge in [-0.05, 0) is 61.7 Å². The number of primary amides is 1. The Morgan fingerprint density at radius 1 is 1.12 bits per heavy atom. The van der Waals surface area contributed by atoms with Crippen LogP contribution in [-0.2, 0) is 26.1 Å². The molecule has 2 aliphatic heterocycles. The number of sulfonamides is 1. The van der Waals surface area contributed by atoms with Crippen molar-refractivity contribution in [2.75, 3.05) is 38.2 Å². The van der Waals surface area contributed by atoms with Gasteiger partial charge in [0.25, 0.3) is 5.91 Å². The molecule has 0 radical (unpaired) electrons. The number of nitrogens with two attached hydrogens (primary N) is 1. The molecule has 34 heavy (non-hydrogen) atoms. The number of anilines is 1. The van der Waals surface area contributed by atoms with E-state index in [2.05, 4.69) is 5.32 Å². The van der Waals surface area contributed by atoms with E-state index in [1.807, 2.05) is 23.1 Å². The highest BCUT2D eigenvalue weighted by Crippen LogP contribution is 2.24. The van der Waals surface area contributed by atoms with Crippen LogP contribution in [0.2, 0.25) is 0 Å². The van der Waals surface area contributed by atoms with Gasteiger partial charge in [0.15, 0.2) is 0 Å². The summed E-state index contributed by atoms with van der Waals surface area (Å²) in [4.78, 5) is 26.8. The van der Waals surface area contributed by atoms with Gasteiger partial charge in [0.1, 0.15) is 0 Å². The Kier molecular flexibility index (Phi) is 7.32. The number of aryl methyl sites for hydroxylation is 1. The molecule has 9 nitrogen and oxygen atoms in total. The first kappa shape index (κ1) is 24.3. The molecule has 2 aliphatic rings. The van der Waals surface area contributed by atoms with Crippen molar-refractivity contribution in [3.05, 3.63) is 59.2 Å². The minimum absolute atomic E-state index is 0.127. The van der Waals surface area contributed by atoms with Crippen molar-refractivity contribution in [1.29, 1.82) is 0 Å². The smallest absolute Gasteiger partial charge is 0.255 e. The van der Waals surface area contributed by atoms with Crippen LogP contribution >= 0.6 is 0 Å². The van der Waals surface area contributed by atoms with Gasteiger partial charge in [-0.1, -0.05) is 18.2 Å². The molecule has 0 bridgehead atoms. The zero-order valence-electron chi connectivity index (χ0n) is 19.2. The summed E-state index contributed by atoms with van der Waals surface area (Å²) in [7, 11) is -3.72. The van der Waals surface area contributed by atoms with Crippen molar-refractivity contribution in [3.63, 3.8) is 0 Å². The fraction of sp³-hybridized carbons (Fsp3) is 0.417. The molecule has 0 aliphatic carbocycles. The largest absolute Gasteiger partial charge is 0.379 e. The SMILES string of the molecule is Cc1ccc(C(=O)Nc2cccc(CN3CCCC3C(N)=O)c2)cc1S(=O)(=O)N1CCOCC1. The molecule has 4 rings (SSSR count). The lowest BCUT2D eigenvalue weighted by Crippen LogP contribution is -2.40. The number of benzene rings is 2. The highest BCUT2D eigenvalue weighted by Gasteiger charge is 2.30. The molecule has 2 heterocycles. The van der Waals surface area contributed by atoms with E-state index in [9.17, 15) is 18.0 Å². The zero-order chi connectivity index (χ0) is 24.3. The Morgan fingerprint density at radius 3 is 2.62 bits per heavy atom. The van der Waals surface area contributed by atoms with Crippen molar-refractivity contribution >= 4 is 27.5 Å². The monoisotopic (exact) mass is 486 g/mol. The number of hydrogen-bond acceptors (Lipinski definition) is 6. The lowest BCUT2D eigenvalue weighted by molar-refractivity contribution is -0.122. The van der Waals surface area contributed by atoms with Crippen LogP contribution < -0.4 is 11.1 Å². The molecular formula is C24H30N4O5S. The molecule has 2 amide bonds. The molecule has 2 aromatic carbocycles. The second-order valence-electron chi connectivity index (χ2n) is 8.68. The van der Waals surface area contributed by atoms with Crippen molar-refractivity contribution in [3.8, 4) is 0 Å². The summed E-state index contributed by atoms with van der Waals surface area (Å²) in [5.41, 5.74) is 7.90. The average molecular weight is 487 g/mol. The first-order chi connectivity index (χ1) is 16.3. The first-order valence-corrected chi connectivity index (χ1v) is 12.8.